The molecule has 130 valence electrons. The number of hydrogen-bond donors (Lipinski definition) is 1. The lowest BCUT2D eigenvalue weighted by atomic mass is 10.2. The molecule has 0 spiro atoms. The Morgan fingerprint density at radius 3 is 2.62 bits per heavy atom. The molecule has 0 aliphatic carbocycles. The van der Waals surface area contributed by atoms with Crippen molar-refractivity contribution in [1.82, 2.24) is 9.66 Å². The number of nitrogens with zero attached hydrogens (tertiary/aromatic N) is 2. The summed E-state index contributed by atoms with van der Waals surface area (Å²) in [6.45, 7) is 0.131. The number of hydrogen-bond acceptors (Lipinski definition) is 4. The highest BCUT2D eigenvalue weighted by molar-refractivity contribution is 9.11. The van der Waals surface area contributed by atoms with Crippen LogP contribution in [0.25, 0.3) is 10.9 Å². The van der Waals surface area contributed by atoms with Crippen molar-refractivity contribution >= 4 is 49.0 Å². The topological polar surface area (TPSA) is 76.5 Å². The van der Waals surface area contributed by atoms with Crippen molar-refractivity contribution in [2.75, 3.05) is 6.61 Å². The molecule has 1 aromatic heterocycles. The molecule has 2 aromatic carbocycles. The number of halogens is 2. The molecule has 1 heterocycles. The lowest BCUT2D eigenvalue weighted by molar-refractivity contribution is 0.365. The van der Waals surface area contributed by atoms with E-state index < -0.39 is 11.2 Å². The third-order valence-electron chi connectivity index (χ3n) is 3.43. The second-order valence-corrected chi connectivity index (χ2v) is 6.85. The first-order chi connectivity index (χ1) is 12.5. The van der Waals surface area contributed by atoms with Gasteiger partial charge in [-0.05, 0) is 61.7 Å². The van der Waals surface area contributed by atoms with Gasteiger partial charge in [0.05, 0.1) is 26.1 Å². The van der Waals surface area contributed by atoms with E-state index in [-0.39, 0.29) is 6.61 Å². The zero-order chi connectivity index (χ0) is 18.7. The minimum Gasteiger partial charge on any atom is -0.479 e. The van der Waals surface area contributed by atoms with Gasteiger partial charge in [0.15, 0.2) is 0 Å². The summed E-state index contributed by atoms with van der Waals surface area (Å²) < 4.78 is 7.53. The van der Waals surface area contributed by atoms with Crippen LogP contribution in [-0.2, 0) is 0 Å². The largest absolute Gasteiger partial charge is 0.479 e. The second kappa shape index (κ2) is 7.72. The number of terminal acetylenes is 1. The Morgan fingerprint density at radius 2 is 1.92 bits per heavy atom. The normalized spacial score (nSPS) is 11.0. The van der Waals surface area contributed by atoms with E-state index >= 15 is 0 Å². The molecule has 1 N–H and O–H groups in total. The van der Waals surface area contributed by atoms with Crippen molar-refractivity contribution in [2.24, 2.45) is 5.10 Å². The Morgan fingerprint density at radius 1 is 1.23 bits per heavy atom. The average molecular weight is 477 g/mol. The van der Waals surface area contributed by atoms with Crippen LogP contribution in [0.3, 0.4) is 0 Å². The van der Waals surface area contributed by atoms with Crippen molar-refractivity contribution < 1.29 is 4.74 Å². The Labute approximate surface area is 164 Å². The number of benzene rings is 2. The second-order valence-electron chi connectivity index (χ2n) is 5.14. The highest BCUT2D eigenvalue weighted by Crippen LogP contribution is 2.34. The van der Waals surface area contributed by atoms with Crippen LogP contribution in [0.4, 0.5) is 0 Å². The molecule has 3 aromatic rings. The van der Waals surface area contributed by atoms with Gasteiger partial charge in [-0.2, -0.15) is 5.10 Å². The number of nitrogens with one attached hydrogen (secondary N) is 1. The monoisotopic (exact) mass is 475 g/mol. The van der Waals surface area contributed by atoms with Crippen molar-refractivity contribution in [3.05, 3.63) is 71.7 Å². The van der Waals surface area contributed by atoms with Crippen LogP contribution in [0.5, 0.6) is 5.75 Å². The van der Waals surface area contributed by atoms with Gasteiger partial charge in [-0.1, -0.05) is 18.1 Å². The summed E-state index contributed by atoms with van der Waals surface area (Å²) in [4.78, 5) is 27.2. The van der Waals surface area contributed by atoms with Crippen molar-refractivity contribution in [3.63, 3.8) is 0 Å². The zero-order valence-electron chi connectivity index (χ0n) is 13.2. The molecule has 0 aliphatic rings. The van der Waals surface area contributed by atoms with Crippen LogP contribution < -0.4 is 16.0 Å². The molecule has 0 unspecified atom stereocenters. The first-order valence-electron chi connectivity index (χ1n) is 7.35. The summed E-state index contributed by atoms with van der Waals surface area (Å²) in [5, 5.41) is 4.40. The molecule has 0 amide bonds. The molecule has 0 fully saturated rings. The maximum atomic E-state index is 12.4. The van der Waals surface area contributed by atoms with E-state index in [9.17, 15) is 9.59 Å². The van der Waals surface area contributed by atoms with Crippen LogP contribution in [0.1, 0.15) is 5.56 Å². The smallest absolute Gasteiger partial charge is 0.349 e. The van der Waals surface area contributed by atoms with E-state index in [4.69, 9.17) is 11.2 Å². The number of H-pyrrole nitrogens is 1. The van der Waals surface area contributed by atoms with E-state index in [0.717, 1.165) is 4.68 Å². The van der Waals surface area contributed by atoms with Gasteiger partial charge in [0, 0.05) is 0 Å². The first kappa shape index (κ1) is 18.2. The summed E-state index contributed by atoms with van der Waals surface area (Å²) >= 11 is 6.79. The van der Waals surface area contributed by atoms with Crippen LogP contribution in [-0.4, -0.2) is 22.5 Å². The van der Waals surface area contributed by atoms with Gasteiger partial charge in [-0.25, -0.2) is 4.79 Å². The maximum Gasteiger partial charge on any atom is 0.349 e. The number of aromatic nitrogens is 2. The molecular weight excluding hydrogens is 466 g/mol. The van der Waals surface area contributed by atoms with Gasteiger partial charge in [-0.3, -0.25) is 4.79 Å². The number of para-hydroxylation sites is 1. The third-order valence-corrected chi connectivity index (χ3v) is 4.60. The van der Waals surface area contributed by atoms with Gasteiger partial charge >= 0.3 is 5.69 Å². The van der Waals surface area contributed by atoms with Gasteiger partial charge in [0.1, 0.15) is 12.4 Å². The van der Waals surface area contributed by atoms with Gasteiger partial charge in [-0.15, -0.1) is 11.1 Å². The van der Waals surface area contributed by atoms with E-state index in [1.54, 1.807) is 36.4 Å². The lowest BCUT2D eigenvalue weighted by Crippen LogP contribution is -2.32. The molecule has 0 radical (unpaired) electrons. The van der Waals surface area contributed by atoms with E-state index in [1.165, 1.54) is 6.21 Å². The lowest BCUT2D eigenvalue weighted by Gasteiger charge is -2.08. The van der Waals surface area contributed by atoms with Crippen LogP contribution in [0, 0.1) is 12.3 Å². The van der Waals surface area contributed by atoms with Crippen molar-refractivity contribution in [2.45, 2.75) is 0 Å². The number of fused-ring (bicyclic) bond motifs is 1. The zero-order valence-corrected chi connectivity index (χ0v) is 16.4. The van der Waals surface area contributed by atoms with Crippen molar-refractivity contribution in [1.29, 1.82) is 0 Å². The molecule has 3 rings (SSSR count). The quantitative estimate of drug-likeness (QED) is 0.464. The summed E-state index contributed by atoms with van der Waals surface area (Å²) in [5.41, 5.74) is 0.00970. The standard InChI is InChI=1S/C18H11Br2N3O3/c1-2-7-26-16-13(19)8-11(9-14(16)20)10-21-23-17(24)12-5-3-4-6-15(12)22-18(23)25/h1,3-6,8-10H,7H2,(H,22,25). The summed E-state index contributed by atoms with van der Waals surface area (Å²) in [6.07, 6.45) is 6.60. The summed E-state index contributed by atoms with van der Waals surface area (Å²) in [5.74, 6) is 2.95. The Balaban J connectivity index is 2.01. The van der Waals surface area contributed by atoms with Gasteiger partial charge in [0.2, 0.25) is 0 Å². The Bertz CT molecular complexity index is 1150. The fraction of sp³-hybridized carbons (Fsp3) is 0.0556. The minimum absolute atomic E-state index is 0.131. The Kier molecular flexibility index (Phi) is 5.40. The van der Waals surface area contributed by atoms with Gasteiger partial charge < -0.3 is 9.72 Å². The highest BCUT2D eigenvalue weighted by atomic mass is 79.9. The molecule has 0 aliphatic heterocycles. The molecule has 26 heavy (non-hydrogen) atoms. The molecule has 0 atom stereocenters. The molecule has 0 saturated heterocycles. The summed E-state index contributed by atoms with van der Waals surface area (Å²) in [6, 6.07) is 10.2. The fourth-order valence-corrected chi connectivity index (χ4v) is 3.74. The molecule has 0 saturated carbocycles. The molecule has 8 heteroatoms. The van der Waals surface area contributed by atoms with Crippen LogP contribution >= 0.6 is 31.9 Å². The number of aromatic amines is 1. The van der Waals surface area contributed by atoms with Crippen LogP contribution in [0.15, 0.2) is 60.0 Å². The van der Waals surface area contributed by atoms with Crippen molar-refractivity contribution in [3.8, 4) is 18.1 Å². The third kappa shape index (κ3) is 3.64. The highest BCUT2D eigenvalue weighted by Gasteiger charge is 2.09. The predicted molar refractivity (Wildman–Crippen MR) is 108 cm³/mol. The number of ether oxygens (including phenoxy) is 1. The fourth-order valence-electron chi connectivity index (χ4n) is 2.29. The maximum absolute atomic E-state index is 12.4. The van der Waals surface area contributed by atoms with Gasteiger partial charge in [0.25, 0.3) is 5.56 Å². The Hall–Kier alpha value is -2.63. The molecular formula is C18H11Br2N3O3. The number of rotatable bonds is 4. The first-order valence-corrected chi connectivity index (χ1v) is 8.93. The summed E-state index contributed by atoms with van der Waals surface area (Å²) in [7, 11) is 0. The SMILES string of the molecule is C#CCOc1c(Br)cc(C=Nn2c(=O)[nH]c3ccccc3c2=O)cc1Br. The predicted octanol–water partition coefficient (Wildman–Crippen LogP) is 3.11. The van der Waals surface area contributed by atoms with E-state index in [2.05, 4.69) is 47.9 Å². The molecule has 6 nitrogen and oxygen atoms in total. The van der Waals surface area contributed by atoms with Crippen LogP contribution in [0.2, 0.25) is 0 Å². The van der Waals surface area contributed by atoms with E-state index in [0.29, 0.717) is 31.2 Å². The average Bonchev–Trinajstić information content (AvgIpc) is 2.61. The van der Waals surface area contributed by atoms with E-state index in [1.807, 2.05) is 0 Å². The minimum atomic E-state index is -0.614. The molecule has 0 bridgehead atoms.